The second-order valence-electron chi connectivity index (χ2n) is 6.77. The van der Waals surface area contributed by atoms with Gasteiger partial charge in [-0.15, -0.1) is 0 Å². The minimum atomic E-state index is -0.646. The zero-order valence-electron chi connectivity index (χ0n) is 15.6. The van der Waals surface area contributed by atoms with Crippen LogP contribution in [0.3, 0.4) is 0 Å². The van der Waals surface area contributed by atoms with Crippen molar-refractivity contribution in [3.8, 4) is 22.6 Å². The SMILES string of the molecule is CCCCCOc1cc(-c2cccc([C@H]3COB(O)C3)c2)ccc1OC. The number of unbranched alkanes of at least 4 members (excludes halogenated alkanes) is 2. The van der Waals surface area contributed by atoms with E-state index in [0.717, 1.165) is 29.0 Å². The molecule has 5 heteroatoms. The van der Waals surface area contributed by atoms with Crippen molar-refractivity contribution in [2.45, 2.75) is 38.4 Å². The molecule has 26 heavy (non-hydrogen) atoms. The third-order valence-corrected chi connectivity index (χ3v) is 4.84. The van der Waals surface area contributed by atoms with Gasteiger partial charge >= 0.3 is 7.12 Å². The van der Waals surface area contributed by atoms with E-state index in [9.17, 15) is 5.02 Å². The van der Waals surface area contributed by atoms with Crippen LogP contribution in [0.1, 0.15) is 37.7 Å². The highest BCUT2D eigenvalue weighted by molar-refractivity contribution is 6.43. The molecular weight excluding hydrogens is 327 g/mol. The third kappa shape index (κ3) is 4.60. The maximum absolute atomic E-state index is 9.61. The standard InChI is InChI=1S/C21H27BO4/c1-3-4-5-11-25-21-13-18(9-10-20(21)24-2)16-7-6-8-17(12-16)19-14-22(23)26-15-19/h6-10,12-13,19,23H,3-5,11,14-15H2,1-2H3/t19-/m1/s1. The first-order chi connectivity index (χ1) is 12.7. The average molecular weight is 354 g/mol. The molecule has 4 nitrogen and oxygen atoms in total. The second kappa shape index (κ2) is 9.10. The molecule has 2 aromatic rings. The smallest absolute Gasteiger partial charge is 0.454 e. The molecule has 1 saturated heterocycles. The lowest BCUT2D eigenvalue weighted by molar-refractivity contribution is 0.286. The highest BCUT2D eigenvalue weighted by atomic mass is 16.5. The third-order valence-electron chi connectivity index (χ3n) is 4.84. The van der Waals surface area contributed by atoms with Crippen molar-refractivity contribution >= 4 is 7.12 Å². The Morgan fingerprint density at radius 3 is 2.69 bits per heavy atom. The molecule has 0 radical (unpaired) electrons. The van der Waals surface area contributed by atoms with Crippen LogP contribution in [0, 0.1) is 0 Å². The molecule has 0 unspecified atom stereocenters. The average Bonchev–Trinajstić information content (AvgIpc) is 3.11. The summed E-state index contributed by atoms with van der Waals surface area (Å²) in [5.74, 6) is 1.79. The molecule has 0 amide bonds. The number of hydrogen-bond donors (Lipinski definition) is 1. The maximum Gasteiger partial charge on any atom is 0.454 e. The van der Waals surface area contributed by atoms with E-state index >= 15 is 0 Å². The summed E-state index contributed by atoms with van der Waals surface area (Å²) < 4.78 is 16.7. The number of methoxy groups -OCH3 is 1. The Morgan fingerprint density at radius 2 is 1.96 bits per heavy atom. The van der Waals surface area contributed by atoms with Gasteiger partial charge in [-0.2, -0.15) is 0 Å². The summed E-state index contributed by atoms with van der Waals surface area (Å²) in [6.45, 7) is 3.45. The Labute approximate surface area is 156 Å². The van der Waals surface area contributed by atoms with Crippen LogP contribution < -0.4 is 9.47 Å². The number of hydrogen-bond acceptors (Lipinski definition) is 4. The molecule has 1 heterocycles. The molecule has 1 aliphatic rings. The number of benzene rings is 2. The molecule has 138 valence electrons. The summed E-state index contributed by atoms with van der Waals surface area (Å²) in [4.78, 5) is 0. The minimum Gasteiger partial charge on any atom is -0.493 e. The van der Waals surface area contributed by atoms with Crippen LogP contribution in [0.2, 0.25) is 6.32 Å². The first-order valence-corrected chi connectivity index (χ1v) is 9.42. The van der Waals surface area contributed by atoms with Gasteiger partial charge in [-0.1, -0.05) is 50.1 Å². The molecular formula is C21H27BO4. The predicted octanol–water partition coefficient (Wildman–Crippen LogP) is 4.53. The van der Waals surface area contributed by atoms with Crippen LogP contribution in [-0.4, -0.2) is 32.5 Å². The second-order valence-corrected chi connectivity index (χ2v) is 6.77. The fraction of sp³-hybridized carbons (Fsp3) is 0.429. The molecule has 0 bridgehead atoms. The van der Waals surface area contributed by atoms with Gasteiger partial charge in [0.2, 0.25) is 0 Å². The molecule has 0 aliphatic carbocycles. The van der Waals surface area contributed by atoms with Crippen molar-refractivity contribution in [1.29, 1.82) is 0 Å². The lowest BCUT2D eigenvalue weighted by Gasteiger charge is -2.14. The van der Waals surface area contributed by atoms with E-state index in [4.69, 9.17) is 14.1 Å². The van der Waals surface area contributed by atoms with Crippen molar-refractivity contribution in [2.24, 2.45) is 0 Å². The van der Waals surface area contributed by atoms with Gasteiger partial charge in [0.15, 0.2) is 11.5 Å². The van der Waals surface area contributed by atoms with Gasteiger partial charge in [-0.25, -0.2) is 0 Å². The Bertz CT molecular complexity index is 719. The van der Waals surface area contributed by atoms with E-state index in [0.29, 0.717) is 19.5 Å². The van der Waals surface area contributed by atoms with Gasteiger partial charge in [0, 0.05) is 12.5 Å². The topological polar surface area (TPSA) is 47.9 Å². The van der Waals surface area contributed by atoms with Gasteiger partial charge in [0.05, 0.1) is 13.7 Å². The summed E-state index contributed by atoms with van der Waals surface area (Å²) >= 11 is 0. The van der Waals surface area contributed by atoms with Gasteiger partial charge in [-0.3, -0.25) is 0 Å². The Kier molecular flexibility index (Phi) is 6.59. The van der Waals surface area contributed by atoms with E-state index < -0.39 is 7.12 Å². The van der Waals surface area contributed by atoms with Crippen LogP contribution >= 0.6 is 0 Å². The minimum absolute atomic E-state index is 0.243. The van der Waals surface area contributed by atoms with E-state index in [1.807, 2.05) is 12.1 Å². The number of rotatable bonds is 8. The summed E-state index contributed by atoms with van der Waals surface area (Å²) in [6.07, 6.45) is 4.04. The number of ether oxygens (including phenoxy) is 2. The summed E-state index contributed by atoms with van der Waals surface area (Å²) in [5.41, 5.74) is 3.42. The lowest BCUT2D eigenvalue weighted by Crippen LogP contribution is -2.07. The van der Waals surface area contributed by atoms with Crippen molar-refractivity contribution < 1.29 is 19.2 Å². The van der Waals surface area contributed by atoms with Gasteiger partial charge in [-0.05, 0) is 41.6 Å². The molecule has 0 spiro atoms. The molecule has 1 N–H and O–H groups in total. The van der Waals surface area contributed by atoms with Gasteiger partial charge in [0.1, 0.15) is 0 Å². The van der Waals surface area contributed by atoms with Crippen LogP contribution in [-0.2, 0) is 4.65 Å². The fourth-order valence-electron chi connectivity index (χ4n) is 3.31. The van der Waals surface area contributed by atoms with E-state index in [2.05, 4.69) is 37.3 Å². The monoisotopic (exact) mass is 354 g/mol. The van der Waals surface area contributed by atoms with E-state index in [1.54, 1.807) is 7.11 Å². The Hall–Kier alpha value is -1.98. The molecule has 1 fully saturated rings. The maximum atomic E-state index is 9.61. The van der Waals surface area contributed by atoms with Crippen molar-refractivity contribution in [3.05, 3.63) is 48.0 Å². The largest absolute Gasteiger partial charge is 0.493 e. The van der Waals surface area contributed by atoms with Crippen LogP contribution in [0.4, 0.5) is 0 Å². The molecule has 1 aliphatic heterocycles. The summed E-state index contributed by atoms with van der Waals surface area (Å²) in [7, 11) is 1.02. The predicted molar refractivity (Wildman–Crippen MR) is 105 cm³/mol. The molecule has 2 aromatic carbocycles. The molecule has 1 atom stereocenters. The first-order valence-electron chi connectivity index (χ1n) is 9.42. The molecule has 0 aromatic heterocycles. The van der Waals surface area contributed by atoms with Gasteiger partial charge in [0.25, 0.3) is 0 Å². The summed E-state index contributed by atoms with van der Waals surface area (Å²) in [5, 5.41) is 9.61. The van der Waals surface area contributed by atoms with Crippen molar-refractivity contribution in [1.82, 2.24) is 0 Å². The quantitative estimate of drug-likeness (QED) is 0.559. The van der Waals surface area contributed by atoms with Crippen molar-refractivity contribution in [2.75, 3.05) is 20.3 Å². The van der Waals surface area contributed by atoms with E-state index in [1.165, 1.54) is 18.4 Å². The van der Waals surface area contributed by atoms with Crippen LogP contribution in [0.25, 0.3) is 11.1 Å². The Morgan fingerprint density at radius 1 is 1.12 bits per heavy atom. The van der Waals surface area contributed by atoms with E-state index in [-0.39, 0.29) is 5.92 Å². The first kappa shape index (κ1) is 18.8. The van der Waals surface area contributed by atoms with Gasteiger partial charge < -0.3 is 19.2 Å². The zero-order chi connectivity index (χ0) is 18.4. The van der Waals surface area contributed by atoms with Crippen LogP contribution in [0.5, 0.6) is 11.5 Å². The molecule has 0 saturated carbocycles. The Balaban J connectivity index is 1.80. The van der Waals surface area contributed by atoms with Crippen molar-refractivity contribution in [3.63, 3.8) is 0 Å². The lowest BCUT2D eigenvalue weighted by atomic mass is 9.79. The molecule has 3 rings (SSSR count). The fourth-order valence-corrected chi connectivity index (χ4v) is 3.31. The van der Waals surface area contributed by atoms with Crippen LogP contribution in [0.15, 0.2) is 42.5 Å². The zero-order valence-corrected chi connectivity index (χ0v) is 15.6. The summed E-state index contributed by atoms with van der Waals surface area (Å²) in [6, 6.07) is 14.5. The highest BCUT2D eigenvalue weighted by Gasteiger charge is 2.29. The normalized spacial score (nSPS) is 16.7. The highest BCUT2D eigenvalue weighted by Crippen LogP contribution is 2.35.